The van der Waals surface area contributed by atoms with Crippen LogP contribution in [-0.2, 0) is 0 Å². The van der Waals surface area contributed by atoms with Crippen LogP contribution in [0, 0.1) is 6.92 Å². The Morgan fingerprint density at radius 1 is 1.41 bits per heavy atom. The zero-order valence-corrected chi connectivity index (χ0v) is 11.1. The van der Waals surface area contributed by atoms with Gasteiger partial charge in [0.05, 0.1) is 10.7 Å². The van der Waals surface area contributed by atoms with E-state index in [1.165, 1.54) is 11.1 Å². The monoisotopic (exact) mass is 246 g/mol. The molecule has 2 N–H and O–H groups in total. The van der Waals surface area contributed by atoms with Gasteiger partial charge >= 0.3 is 0 Å². The molecule has 0 saturated carbocycles. The highest BCUT2D eigenvalue weighted by molar-refractivity contribution is 7.10. The van der Waals surface area contributed by atoms with Gasteiger partial charge in [0.2, 0.25) is 0 Å². The summed E-state index contributed by atoms with van der Waals surface area (Å²) in [5, 5.41) is 3.29. The Balaban J connectivity index is 2.29. The third-order valence-corrected chi connectivity index (χ3v) is 3.97. The van der Waals surface area contributed by atoms with Crippen molar-refractivity contribution in [1.82, 2.24) is 4.98 Å². The largest absolute Gasteiger partial charge is 0.330 e. The van der Waals surface area contributed by atoms with Gasteiger partial charge in [0.1, 0.15) is 0 Å². The van der Waals surface area contributed by atoms with Crippen molar-refractivity contribution in [1.29, 1.82) is 0 Å². The van der Waals surface area contributed by atoms with Crippen molar-refractivity contribution in [3.63, 3.8) is 0 Å². The Hall–Kier alpha value is -1.19. The SMILES string of the molecule is CCC(CN)c1nc(-c2cccc(C)c2)cs1. The molecule has 2 rings (SSSR count). The van der Waals surface area contributed by atoms with Crippen molar-refractivity contribution in [2.75, 3.05) is 6.54 Å². The van der Waals surface area contributed by atoms with Gasteiger partial charge < -0.3 is 5.73 Å². The molecule has 2 aromatic rings. The molecule has 1 aromatic carbocycles. The van der Waals surface area contributed by atoms with Crippen molar-refractivity contribution in [2.24, 2.45) is 5.73 Å². The second kappa shape index (κ2) is 5.43. The van der Waals surface area contributed by atoms with Crippen LogP contribution >= 0.6 is 11.3 Å². The highest BCUT2D eigenvalue weighted by atomic mass is 32.1. The summed E-state index contributed by atoms with van der Waals surface area (Å²) in [5.74, 6) is 0.401. The Morgan fingerprint density at radius 2 is 2.24 bits per heavy atom. The fourth-order valence-electron chi connectivity index (χ4n) is 1.85. The molecular weight excluding hydrogens is 228 g/mol. The van der Waals surface area contributed by atoms with Crippen LogP contribution in [0.3, 0.4) is 0 Å². The lowest BCUT2D eigenvalue weighted by Crippen LogP contribution is -2.11. The molecule has 0 radical (unpaired) electrons. The predicted octanol–water partition coefficient (Wildman–Crippen LogP) is 3.57. The van der Waals surface area contributed by atoms with Gasteiger partial charge in [-0.1, -0.05) is 30.7 Å². The van der Waals surface area contributed by atoms with Crippen LogP contribution in [0.4, 0.5) is 0 Å². The minimum atomic E-state index is 0.401. The number of aryl methyl sites for hydroxylation is 1. The predicted molar refractivity (Wildman–Crippen MR) is 74.4 cm³/mol. The first kappa shape index (κ1) is 12.3. The van der Waals surface area contributed by atoms with Crippen LogP contribution in [0.5, 0.6) is 0 Å². The molecule has 1 atom stereocenters. The van der Waals surface area contributed by atoms with Crippen molar-refractivity contribution in [3.8, 4) is 11.3 Å². The lowest BCUT2D eigenvalue weighted by atomic mass is 10.1. The number of hydrogen-bond donors (Lipinski definition) is 1. The second-order valence-electron chi connectivity index (χ2n) is 4.28. The highest BCUT2D eigenvalue weighted by Gasteiger charge is 2.12. The molecule has 17 heavy (non-hydrogen) atoms. The van der Waals surface area contributed by atoms with Gasteiger partial charge in [0, 0.05) is 23.4 Å². The van der Waals surface area contributed by atoms with Crippen LogP contribution in [0.25, 0.3) is 11.3 Å². The summed E-state index contributed by atoms with van der Waals surface area (Å²) in [4.78, 5) is 4.70. The Morgan fingerprint density at radius 3 is 2.88 bits per heavy atom. The van der Waals surface area contributed by atoms with Gasteiger partial charge in [-0.15, -0.1) is 11.3 Å². The first-order valence-corrected chi connectivity index (χ1v) is 6.85. The molecular formula is C14H18N2S. The molecule has 0 spiro atoms. The van der Waals surface area contributed by atoms with Crippen LogP contribution in [-0.4, -0.2) is 11.5 Å². The first-order valence-electron chi connectivity index (χ1n) is 5.97. The van der Waals surface area contributed by atoms with Crippen molar-refractivity contribution < 1.29 is 0 Å². The van der Waals surface area contributed by atoms with Crippen LogP contribution in [0.2, 0.25) is 0 Å². The van der Waals surface area contributed by atoms with Crippen LogP contribution < -0.4 is 5.73 Å². The van der Waals surface area contributed by atoms with E-state index in [-0.39, 0.29) is 0 Å². The van der Waals surface area contributed by atoms with E-state index in [1.807, 2.05) is 0 Å². The number of nitrogens with zero attached hydrogens (tertiary/aromatic N) is 1. The van der Waals surface area contributed by atoms with E-state index in [2.05, 4.69) is 43.5 Å². The average Bonchev–Trinajstić information content (AvgIpc) is 2.80. The molecule has 1 heterocycles. The van der Waals surface area contributed by atoms with E-state index in [1.54, 1.807) is 11.3 Å². The third-order valence-electron chi connectivity index (χ3n) is 2.96. The average molecular weight is 246 g/mol. The zero-order chi connectivity index (χ0) is 12.3. The molecule has 2 nitrogen and oxygen atoms in total. The molecule has 0 amide bonds. The number of aromatic nitrogens is 1. The number of thiazole rings is 1. The number of rotatable bonds is 4. The summed E-state index contributed by atoms with van der Waals surface area (Å²) in [7, 11) is 0. The second-order valence-corrected chi connectivity index (χ2v) is 5.17. The minimum Gasteiger partial charge on any atom is -0.330 e. The maximum atomic E-state index is 5.75. The molecule has 0 fully saturated rings. The van der Waals surface area contributed by atoms with Crippen LogP contribution in [0.15, 0.2) is 29.6 Å². The summed E-state index contributed by atoms with van der Waals surface area (Å²) in [6.07, 6.45) is 1.05. The number of nitrogens with two attached hydrogens (primary N) is 1. The summed E-state index contributed by atoms with van der Waals surface area (Å²) >= 11 is 1.72. The topological polar surface area (TPSA) is 38.9 Å². The smallest absolute Gasteiger partial charge is 0.0976 e. The van der Waals surface area contributed by atoms with Gasteiger partial charge in [0.15, 0.2) is 0 Å². The van der Waals surface area contributed by atoms with Gasteiger partial charge in [-0.25, -0.2) is 4.98 Å². The van der Waals surface area contributed by atoms with E-state index in [4.69, 9.17) is 10.7 Å². The zero-order valence-electron chi connectivity index (χ0n) is 10.3. The Bertz CT molecular complexity index is 486. The Labute approximate surface area is 107 Å². The summed E-state index contributed by atoms with van der Waals surface area (Å²) in [6.45, 7) is 4.94. The fraction of sp³-hybridized carbons (Fsp3) is 0.357. The maximum absolute atomic E-state index is 5.75. The molecule has 0 saturated heterocycles. The summed E-state index contributed by atoms with van der Waals surface area (Å²) < 4.78 is 0. The first-order chi connectivity index (χ1) is 8.24. The van der Waals surface area contributed by atoms with Gasteiger partial charge in [-0.2, -0.15) is 0 Å². The van der Waals surface area contributed by atoms with Crippen molar-refractivity contribution in [2.45, 2.75) is 26.2 Å². The molecule has 90 valence electrons. The van der Waals surface area contributed by atoms with E-state index in [0.717, 1.165) is 17.1 Å². The number of hydrogen-bond acceptors (Lipinski definition) is 3. The van der Waals surface area contributed by atoms with E-state index in [9.17, 15) is 0 Å². The third kappa shape index (κ3) is 2.73. The summed E-state index contributed by atoms with van der Waals surface area (Å²) in [6, 6.07) is 8.45. The number of benzene rings is 1. The highest BCUT2D eigenvalue weighted by Crippen LogP contribution is 2.27. The van der Waals surface area contributed by atoms with Gasteiger partial charge in [-0.05, 0) is 19.4 Å². The fourth-order valence-corrected chi connectivity index (χ4v) is 2.88. The maximum Gasteiger partial charge on any atom is 0.0976 e. The minimum absolute atomic E-state index is 0.401. The standard InChI is InChI=1S/C14H18N2S/c1-3-11(8-15)14-16-13(9-17-14)12-6-4-5-10(2)7-12/h4-7,9,11H,3,8,15H2,1-2H3. The van der Waals surface area contributed by atoms with Crippen molar-refractivity contribution >= 4 is 11.3 Å². The lowest BCUT2D eigenvalue weighted by Gasteiger charge is -2.07. The molecule has 0 aliphatic heterocycles. The molecule has 0 aliphatic rings. The van der Waals surface area contributed by atoms with E-state index < -0.39 is 0 Å². The molecule has 0 bridgehead atoms. The molecule has 1 unspecified atom stereocenters. The van der Waals surface area contributed by atoms with Gasteiger partial charge in [0.25, 0.3) is 0 Å². The molecule has 0 aliphatic carbocycles. The molecule has 1 aromatic heterocycles. The van der Waals surface area contributed by atoms with Crippen molar-refractivity contribution in [3.05, 3.63) is 40.2 Å². The Kier molecular flexibility index (Phi) is 3.92. The van der Waals surface area contributed by atoms with Gasteiger partial charge in [-0.3, -0.25) is 0 Å². The lowest BCUT2D eigenvalue weighted by molar-refractivity contribution is 0.670. The normalized spacial score (nSPS) is 12.6. The quantitative estimate of drug-likeness (QED) is 0.895. The van der Waals surface area contributed by atoms with E-state index >= 15 is 0 Å². The van der Waals surface area contributed by atoms with Crippen LogP contribution in [0.1, 0.15) is 29.8 Å². The summed E-state index contributed by atoms with van der Waals surface area (Å²) in [5.41, 5.74) is 9.28. The molecule has 3 heteroatoms. The van der Waals surface area contributed by atoms with E-state index in [0.29, 0.717) is 12.5 Å².